The number of hydrogen-bond acceptors (Lipinski definition) is 4. The van der Waals surface area contributed by atoms with Crippen molar-refractivity contribution in [3.63, 3.8) is 0 Å². The number of esters is 1. The molecule has 1 rings (SSSR count). The summed E-state index contributed by atoms with van der Waals surface area (Å²) in [5.74, 6) is 4.87. The lowest BCUT2D eigenvalue weighted by atomic mass is 10.2. The topological polar surface area (TPSA) is 64.3 Å². The van der Waals surface area contributed by atoms with Gasteiger partial charge in [-0.1, -0.05) is 11.6 Å². The quantitative estimate of drug-likeness (QED) is 0.367. The smallest absolute Gasteiger partial charge is 0.330 e. The predicted molar refractivity (Wildman–Crippen MR) is 64.9 cm³/mol. The summed E-state index contributed by atoms with van der Waals surface area (Å²) in [4.78, 5) is 11.1. The van der Waals surface area contributed by atoms with Gasteiger partial charge >= 0.3 is 5.97 Å². The highest BCUT2D eigenvalue weighted by Gasteiger charge is 2.00. The van der Waals surface area contributed by atoms with Crippen LogP contribution >= 0.6 is 11.6 Å². The number of nitrogen functional groups attached to an aromatic ring is 1. The largest absolute Gasteiger partial charge is 0.463 e. The van der Waals surface area contributed by atoms with Crippen LogP contribution < -0.4 is 11.3 Å². The molecule has 5 heteroatoms. The lowest BCUT2D eigenvalue weighted by Crippen LogP contribution is -2.06. The molecule has 0 aromatic heterocycles. The fourth-order valence-corrected chi connectivity index (χ4v) is 1.29. The van der Waals surface area contributed by atoms with Gasteiger partial charge < -0.3 is 10.2 Å². The monoisotopic (exact) mass is 240 g/mol. The second kappa shape index (κ2) is 6.15. The average Bonchev–Trinajstić information content (AvgIpc) is 2.28. The van der Waals surface area contributed by atoms with Crippen LogP contribution in [0.5, 0.6) is 0 Å². The number of halogens is 1. The summed E-state index contributed by atoms with van der Waals surface area (Å²) in [7, 11) is 0. The van der Waals surface area contributed by atoms with Crippen LogP contribution in [-0.4, -0.2) is 12.6 Å². The van der Waals surface area contributed by atoms with Crippen LogP contribution in [0, 0.1) is 0 Å². The van der Waals surface area contributed by atoms with Crippen LogP contribution in [0.3, 0.4) is 0 Å². The third-order valence-electron chi connectivity index (χ3n) is 1.85. The molecule has 4 nitrogen and oxygen atoms in total. The summed E-state index contributed by atoms with van der Waals surface area (Å²) < 4.78 is 4.75. The maximum Gasteiger partial charge on any atom is 0.330 e. The van der Waals surface area contributed by atoms with Crippen molar-refractivity contribution in [2.45, 2.75) is 6.92 Å². The molecule has 0 aliphatic heterocycles. The number of benzene rings is 1. The number of nitrogens with two attached hydrogens (primary N) is 1. The molecule has 86 valence electrons. The van der Waals surface area contributed by atoms with E-state index in [1.807, 2.05) is 0 Å². The second-order valence-electron chi connectivity index (χ2n) is 2.97. The van der Waals surface area contributed by atoms with Crippen LogP contribution in [0.25, 0.3) is 6.08 Å². The van der Waals surface area contributed by atoms with Crippen molar-refractivity contribution in [2.24, 2.45) is 5.84 Å². The molecule has 0 spiro atoms. The first-order valence-electron chi connectivity index (χ1n) is 4.78. The zero-order valence-corrected chi connectivity index (χ0v) is 9.62. The van der Waals surface area contributed by atoms with E-state index >= 15 is 0 Å². The molecule has 3 N–H and O–H groups in total. The molecule has 0 radical (unpaired) electrons. The number of nitrogens with one attached hydrogen (secondary N) is 1. The molecule has 0 saturated heterocycles. The van der Waals surface area contributed by atoms with E-state index in [4.69, 9.17) is 22.2 Å². The molecule has 0 aliphatic rings. The highest BCUT2D eigenvalue weighted by Crippen LogP contribution is 2.21. The second-order valence-corrected chi connectivity index (χ2v) is 3.37. The third-order valence-corrected chi connectivity index (χ3v) is 2.19. The number of anilines is 1. The Morgan fingerprint density at radius 2 is 2.38 bits per heavy atom. The molecule has 0 unspecified atom stereocenters. The van der Waals surface area contributed by atoms with Crippen molar-refractivity contribution < 1.29 is 9.53 Å². The van der Waals surface area contributed by atoms with Crippen LogP contribution in [0.4, 0.5) is 5.69 Å². The SMILES string of the molecule is CCOC(=O)C=Cc1cc(NN)ccc1Cl. The molecule has 16 heavy (non-hydrogen) atoms. The van der Waals surface area contributed by atoms with E-state index in [0.29, 0.717) is 22.9 Å². The summed E-state index contributed by atoms with van der Waals surface area (Å²) in [6.07, 6.45) is 2.91. The minimum Gasteiger partial charge on any atom is -0.463 e. The van der Waals surface area contributed by atoms with E-state index in [0.717, 1.165) is 0 Å². The van der Waals surface area contributed by atoms with Gasteiger partial charge in [0.1, 0.15) is 0 Å². The summed E-state index contributed by atoms with van der Waals surface area (Å²) in [6, 6.07) is 5.17. The number of carbonyl (C=O) groups is 1. The predicted octanol–water partition coefficient (Wildman–Crippen LogP) is 2.20. The number of hydrogen-bond donors (Lipinski definition) is 2. The summed E-state index contributed by atoms with van der Waals surface area (Å²) in [6.45, 7) is 2.10. The van der Waals surface area contributed by atoms with Gasteiger partial charge in [0.25, 0.3) is 0 Å². The molecule has 0 heterocycles. The number of rotatable bonds is 4. The van der Waals surface area contributed by atoms with Crippen molar-refractivity contribution in [3.8, 4) is 0 Å². The molecule has 0 saturated carbocycles. The van der Waals surface area contributed by atoms with E-state index < -0.39 is 5.97 Å². The molecule has 0 fully saturated rings. The molecule has 0 atom stereocenters. The van der Waals surface area contributed by atoms with Gasteiger partial charge in [-0.05, 0) is 36.8 Å². The molecule has 0 amide bonds. The average molecular weight is 241 g/mol. The Balaban J connectivity index is 2.83. The zero-order chi connectivity index (χ0) is 12.0. The maximum absolute atomic E-state index is 11.1. The van der Waals surface area contributed by atoms with Crippen molar-refractivity contribution >= 4 is 29.3 Å². The molecule has 1 aromatic carbocycles. The van der Waals surface area contributed by atoms with Gasteiger partial charge in [-0.15, -0.1) is 0 Å². The third kappa shape index (κ3) is 3.56. The van der Waals surface area contributed by atoms with E-state index in [1.165, 1.54) is 6.08 Å². The van der Waals surface area contributed by atoms with Gasteiger partial charge in [-0.2, -0.15) is 0 Å². The highest BCUT2D eigenvalue weighted by molar-refractivity contribution is 6.32. The van der Waals surface area contributed by atoms with Crippen molar-refractivity contribution in [2.75, 3.05) is 12.0 Å². The fourth-order valence-electron chi connectivity index (χ4n) is 1.11. The van der Waals surface area contributed by atoms with Crippen LogP contribution in [0.2, 0.25) is 5.02 Å². The van der Waals surface area contributed by atoms with Gasteiger partial charge in [-0.25, -0.2) is 4.79 Å². The van der Waals surface area contributed by atoms with Gasteiger partial charge in [0.05, 0.1) is 6.61 Å². The molecular weight excluding hydrogens is 228 g/mol. The minimum atomic E-state index is -0.398. The Kier molecular flexibility index (Phi) is 4.82. The van der Waals surface area contributed by atoms with Crippen LogP contribution in [0.1, 0.15) is 12.5 Å². The van der Waals surface area contributed by atoms with Gasteiger partial charge in [0.2, 0.25) is 0 Å². The Bertz CT molecular complexity index is 405. The van der Waals surface area contributed by atoms with Gasteiger partial charge in [0, 0.05) is 16.8 Å². The van der Waals surface area contributed by atoms with E-state index in [1.54, 1.807) is 31.2 Å². The zero-order valence-electron chi connectivity index (χ0n) is 8.87. The Hall–Kier alpha value is -1.52. The number of hydrazine groups is 1. The molecule has 0 aliphatic carbocycles. The summed E-state index contributed by atoms with van der Waals surface area (Å²) in [5.41, 5.74) is 3.91. The van der Waals surface area contributed by atoms with Crippen molar-refractivity contribution in [3.05, 3.63) is 34.9 Å². The number of ether oxygens (including phenoxy) is 1. The maximum atomic E-state index is 11.1. The van der Waals surface area contributed by atoms with Crippen molar-refractivity contribution in [1.82, 2.24) is 0 Å². The summed E-state index contributed by atoms with van der Waals surface area (Å²) in [5, 5.41) is 0.541. The van der Waals surface area contributed by atoms with E-state index in [-0.39, 0.29) is 0 Å². The number of carbonyl (C=O) groups excluding carboxylic acids is 1. The Morgan fingerprint density at radius 3 is 3.00 bits per heavy atom. The van der Waals surface area contributed by atoms with Gasteiger partial charge in [0.15, 0.2) is 0 Å². The fraction of sp³-hybridized carbons (Fsp3) is 0.182. The lowest BCUT2D eigenvalue weighted by Gasteiger charge is -2.03. The minimum absolute atomic E-state index is 0.349. The van der Waals surface area contributed by atoms with Crippen LogP contribution in [0.15, 0.2) is 24.3 Å². The standard InChI is InChI=1S/C11H13ClN2O2/c1-2-16-11(15)6-3-8-7-9(14-13)4-5-10(8)12/h3-7,14H,2,13H2,1H3. The van der Waals surface area contributed by atoms with Crippen LogP contribution in [-0.2, 0) is 9.53 Å². The van der Waals surface area contributed by atoms with E-state index in [9.17, 15) is 4.79 Å². The van der Waals surface area contributed by atoms with Crippen molar-refractivity contribution in [1.29, 1.82) is 0 Å². The first-order chi connectivity index (χ1) is 7.67. The molecule has 1 aromatic rings. The molecular formula is C11H13ClN2O2. The molecule has 0 bridgehead atoms. The first kappa shape index (κ1) is 12.5. The summed E-state index contributed by atoms with van der Waals surface area (Å²) >= 11 is 5.94. The Labute approximate surface area is 99.0 Å². The van der Waals surface area contributed by atoms with Gasteiger partial charge in [-0.3, -0.25) is 5.84 Å². The highest BCUT2D eigenvalue weighted by atomic mass is 35.5. The van der Waals surface area contributed by atoms with E-state index in [2.05, 4.69) is 5.43 Å². The lowest BCUT2D eigenvalue weighted by molar-refractivity contribution is -0.137. The normalized spacial score (nSPS) is 10.4. The first-order valence-corrected chi connectivity index (χ1v) is 5.16. The Morgan fingerprint density at radius 1 is 1.62 bits per heavy atom.